The number of aliphatic hydroxyl groups is 1. The van der Waals surface area contributed by atoms with Crippen molar-refractivity contribution in [1.29, 1.82) is 0 Å². The van der Waals surface area contributed by atoms with Gasteiger partial charge in [0.15, 0.2) is 5.78 Å². The number of aliphatic hydroxyl groups excluding tert-OH is 1. The van der Waals surface area contributed by atoms with Crippen LogP contribution in [0.1, 0.15) is 31.8 Å². The van der Waals surface area contributed by atoms with Crippen LogP contribution in [0.5, 0.6) is 5.75 Å². The average Bonchev–Trinajstić information content (AvgIpc) is 2.83. The van der Waals surface area contributed by atoms with E-state index in [1.807, 2.05) is 6.07 Å². The van der Waals surface area contributed by atoms with Crippen molar-refractivity contribution in [2.24, 2.45) is 10.2 Å². The molecule has 0 saturated carbocycles. The number of carboxylic acids is 1. The van der Waals surface area contributed by atoms with E-state index in [1.165, 1.54) is 24.3 Å². The number of carbonyl (C=O) groups excluding carboxylic acids is 1. The van der Waals surface area contributed by atoms with Gasteiger partial charge >= 0.3 is 5.97 Å². The molecule has 0 bridgehead atoms. The van der Waals surface area contributed by atoms with Gasteiger partial charge in [-0.25, -0.2) is 4.79 Å². The fourth-order valence-electron chi connectivity index (χ4n) is 3.11. The molecule has 168 valence electrons. The molecule has 0 heterocycles. The lowest BCUT2D eigenvalue weighted by Gasteiger charge is -2.08. The number of benzene rings is 3. The van der Waals surface area contributed by atoms with Gasteiger partial charge in [0, 0.05) is 24.8 Å². The van der Waals surface area contributed by atoms with Gasteiger partial charge in [0.2, 0.25) is 0 Å². The van der Waals surface area contributed by atoms with E-state index in [2.05, 4.69) is 15.5 Å². The molecule has 0 aliphatic heterocycles. The molecule has 0 radical (unpaired) electrons. The van der Waals surface area contributed by atoms with Gasteiger partial charge in [-0.2, -0.15) is 0 Å². The van der Waals surface area contributed by atoms with Gasteiger partial charge in [-0.1, -0.05) is 30.3 Å². The number of anilines is 1. The Balaban J connectivity index is 1.98. The van der Waals surface area contributed by atoms with E-state index in [-0.39, 0.29) is 35.1 Å². The Kier molecular flexibility index (Phi) is 7.67. The Hall–Kier alpha value is -4.30. The highest BCUT2D eigenvalue weighted by molar-refractivity contribution is 6.07. The summed E-state index contributed by atoms with van der Waals surface area (Å²) in [5, 5.41) is 40.4. The first-order valence-electron chi connectivity index (χ1n) is 10.1. The van der Waals surface area contributed by atoms with Gasteiger partial charge in [-0.3, -0.25) is 4.79 Å². The van der Waals surface area contributed by atoms with Crippen LogP contribution >= 0.6 is 0 Å². The summed E-state index contributed by atoms with van der Waals surface area (Å²) in [6.45, 7) is -0.113. The molecule has 0 spiro atoms. The minimum atomic E-state index is -1.10. The molecule has 0 unspecified atom stereocenters. The van der Waals surface area contributed by atoms with E-state index in [4.69, 9.17) is 0 Å². The minimum Gasteiger partial charge on any atom is -0.505 e. The minimum absolute atomic E-state index is 0.0456. The maximum atomic E-state index is 12.4. The lowest BCUT2D eigenvalue weighted by Crippen LogP contribution is -1.97. The maximum absolute atomic E-state index is 12.4. The standard InChI is InChI=1S/C25H23N3O5/c1-26-20-9-7-19(25(32)33)15-21(20)27-28-22-14-16(11-12-29)13-18(24(22)31)8-10-23(30)17-5-3-2-4-6-17/h2-10,13-15,26,29,31H,11-12H2,1H3,(H,32,33)/b10-8-,28-27?. The number of hydrogen-bond donors (Lipinski definition) is 4. The molecule has 0 fully saturated rings. The van der Waals surface area contributed by atoms with Crippen LogP contribution in [0.3, 0.4) is 0 Å². The third-order valence-corrected chi connectivity index (χ3v) is 4.83. The van der Waals surface area contributed by atoms with Crippen molar-refractivity contribution in [1.82, 2.24) is 0 Å². The van der Waals surface area contributed by atoms with Crippen molar-refractivity contribution in [3.05, 3.63) is 89.0 Å². The van der Waals surface area contributed by atoms with Crippen molar-refractivity contribution in [3.8, 4) is 5.75 Å². The maximum Gasteiger partial charge on any atom is 0.335 e. The number of ketones is 1. The summed E-state index contributed by atoms with van der Waals surface area (Å²) in [4.78, 5) is 23.7. The third-order valence-electron chi connectivity index (χ3n) is 4.83. The largest absolute Gasteiger partial charge is 0.505 e. The highest BCUT2D eigenvalue weighted by atomic mass is 16.4. The smallest absolute Gasteiger partial charge is 0.335 e. The first-order valence-corrected chi connectivity index (χ1v) is 10.1. The van der Waals surface area contributed by atoms with E-state index >= 15 is 0 Å². The third kappa shape index (κ3) is 5.90. The second kappa shape index (κ2) is 10.8. The van der Waals surface area contributed by atoms with Crippen molar-refractivity contribution < 1.29 is 24.9 Å². The fraction of sp³-hybridized carbons (Fsp3) is 0.120. The molecule has 3 rings (SSSR count). The van der Waals surface area contributed by atoms with Crippen LogP contribution in [0.2, 0.25) is 0 Å². The molecule has 8 heteroatoms. The van der Waals surface area contributed by atoms with Crippen molar-refractivity contribution in [2.75, 3.05) is 19.0 Å². The van der Waals surface area contributed by atoms with Gasteiger partial charge in [-0.05, 0) is 54.5 Å². The molecule has 4 N–H and O–H groups in total. The number of azo groups is 1. The van der Waals surface area contributed by atoms with Crippen LogP contribution in [0.4, 0.5) is 17.1 Å². The highest BCUT2D eigenvalue weighted by Crippen LogP contribution is 2.36. The molecule has 8 nitrogen and oxygen atoms in total. The van der Waals surface area contributed by atoms with Gasteiger partial charge in [0.05, 0.1) is 11.3 Å². The Bertz CT molecular complexity index is 1220. The second-order valence-corrected chi connectivity index (χ2v) is 7.08. The van der Waals surface area contributed by atoms with Gasteiger partial charge in [0.25, 0.3) is 0 Å². The highest BCUT2D eigenvalue weighted by Gasteiger charge is 2.11. The van der Waals surface area contributed by atoms with Crippen LogP contribution in [0, 0.1) is 0 Å². The summed E-state index contributed by atoms with van der Waals surface area (Å²) in [5.41, 5.74) is 2.54. The normalized spacial score (nSPS) is 11.2. The monoisotopic (exact) mass is 445 g/mol. The van der Waals surface area contributed by atoms with E-state index in [0.717, 1.165) is 0 Å². The Morgan fingerprint density at radius 1 is 0.970 bits per heavy atom. The lowest BCUT2D eigenvalue weighted by molar-refractivity contribution is 0.0696. The van der Waals surface area contributed by atoms with Crippen molar-refractivity contribution in [3.63, 3.8) is 0 Å². The van der Waals surface area contributed by atoms with E-state index < -0.39 is 5.97 Å². The molecule has 0 saturated heterocycles. The summed E-state index contributed by atoms with van der Waals surface area (Å²) >= 11 is 0. The molecule has 3 aromatic rings. The van der Waals surface area contributed by atoms with Crippen LogP contribution < -0.4 is 5.32 Å². The number of nitrogens with one attached hydrogen (secondary N) is 1. The van der Waals surface area contributed by atoms with Crippen molar-refractivity contribution >= 4 is 34.9 Å². The molecule has 0 aliphatic carbocycles. The number of aromatic carboxylic acids is 1. The topological polar surface area (TPSA) is 132 Å². The number of carbonyl (C=O) groups is 2. The van der Waals surface area contributed by atoms with Crippen LogP contribution in [-0.2, 0) is 6.42 Å². The number of carboxylic acid groups (broad SMARTS) is 1. The molecule has 0 atom stereocenters. The predicted molar refractivity (Wildman–Crippen MR) is 126 cm³/mol. The number of rotatable bonds is 9. The SMILES string of the molecule is CNc1ccc(C(=O)O)cc1N=Nc1cc(CCO)cc(/C=C\C(=O)c2ccccc2)c1O. The zero-order valence-corrected chi connectivity index (χ0v) is 17.9. The molecule has 3 aromatic carbocycles. The molecule has 0 aromatic heterocycles. The van der Waals surface area contributed by atoms with E-state index in [9.17, 15) is 24.9 Å². The number of aromatic hydroxyl groups is 1. The summed E-state index contributed by atoms with van der Waals surface area (Å²) in [6.07, 6.45) is 3.14. The summed E-state index contributed by atoms with van der Waals surface area (Å²) in [5.74, 6) is -1.52. The Labute approximate surface area is 190 Å². The van der Waals surface area contributed by atoms with Crippen molar-refractivity contribution in [2.45, 2.75) is 6.42 Å². The number of phenols is 1. The second-order valence-electron chi connectivity index (χ2n) is 7.08. The van der Waals surface area contributed by atoms with Crippen LogP contribution in [0.25, 0.3) is 6.08 Å². The van der Waals surface area contributed by atoms with Gasteiger partial charge < -0.3 is 20.6 Å². The van der Waals surface area contributed by atoms with E-state index in [1.54, 1.807) is 49.5 Å². The summed E-state index contributed by atoms with van der Waals surface area (Å²) < 4.78 is 0. The molecule has 0 aliphatic rings. The summed E-state index contributed by atoms with van der Waals surface area (Å²) in [7, 11) is 1.67. The Morgan fingerprint density at radius 2 is 1.70 bits per heavy atom. The fourth-order valence-corrected chi connectivity index (χ4v) is 3.11. The molecular formula is C25H23N3O5. The van der Waals surface area contributed by atoms with Gasteiger partial charge in [-0.15, -0.1) is 10.2 Å². The zero-order chi connectivity index (χ0) is 23.8. The Morgan fingerprint density at radius 3 is 2.36 bits per heavy atom. The molecule has 0 amide bonds. The lowest BCUT2D eigenvalue weighted by atomic mass is 10.0. The zero-order valence-electron chi connectivity index (χ0n) is 17.9. The quantitative estimate of drug-likeness (QED) is 0.209. The average molecular weight is 445 g/mol. The number of allylic oxidation sites excluding steroid dienone is 1. The number of hydrogen-bond acceptors (Lipinski definition) is 7. The van der Waals surface area contributed by atoms with Gasteiger partial charge in [0.1, 0.15) is 17.1 Å². The first-order chi connectivity index (χ1) is 15.9. The first kappa shape index (κ1) is 23.4. The molecular weight excluding hydrogens is 422 g/mol. The van der Waals surface area contributed by atoms with E-state index in [0.29, 0.717) is 28.8 Å². The number of nitrogens with zero attached hydrogens (tertiary/aromatic N) is 2. The summed E-state index contributed by atoms with van der Waals surface area (Å²) in [6, 6.07) is 16.3. The predicted octanol–water partition coefficient (Wildman–Crippen LogP) is 4.98. The van der Waals surface area contributed by atoms with Crippen LogP contribution in [-0.4, -0.2) is 40.7 Å². The number of phenolic OH excluding ortho intramolecular Hbond substituents is 1. The molecule has 33 heavy (non-hydrogen) atoms. The van der Waals surface area contributed by atoms with Crippen LogP contribution in [0.15, 0.2) is 77.0 Å².